The van der Waals surface area contributed by atoms with Gasteiger partial charge in [-0.1, -0.05) is 44.2 Å². The minimum atomic E-state index is -1.79. The number of hydrogen-bond acceptors (Lipinski definition) is 16. The highest BCUT2D eigenvalue weighted by molar-refractivity contribution is 7.80. The Balaban J connectivity index is 2.40. The summed E-state index contributed by atoms with van der Waals surface area (Å²) in [7, 11) is 0. The van der Waals surface area contributed by atoms with Crippen molar-refractivity contribution in [3.63, 3.8) is 0 Å². The molecule has 2 rings (SSSR count). The zero-order chi connectivity index (χ0) is 57.9. The highest BCUT2D eigenvalue weighted by Crippen LogP contribution is 2.21. The predicted octanol–water partition coefficient (Wildman–Crippen LogP) is -4.09. The number of amides is 10. The van der Waals surface area contributed by atoms with E-state index in [9.17, 15) is 82.8 Å². The van der Waals surface area contributed by atoms with Crippen LogP contribution < -0.4 is 54.0 Å². The largest absolute Gasteiger partial charge is 0.481 e. The monoisotopic (exact) mass is 1110 g/mol. The Labute approximate surface area is 449 Å². The van der Waals surface area contributed by atoms with Gasteiger partial charge in [0.15, 0.2) is 0 Å². The number of rotatable bonds is 35. The van der Waals surface area contributed by atoms with Gasteiger partial charge in [-0.05, 0) is 69.4 Å². The summed E-state index contributed by atoms with van der Waals surface area (Å²) in [5.41, 5.74) is 11.5. The first kappa shape index (κ1) is 65.7. The Bertz CT molecular complexity index is 2260. The van der Waals surface area contributed by atoms with Gasteiger partial charge in [0.05, 0.1) is 6.61 Å². The third kappa shape index (κ3) is 23.2. The summed E-state index contributed by atoms with van der Waals surface area (Å²) in [6, 6.07) is -5.02. The van der Waals surface area contributed by atoms with Crippen molar-refractivity contribution in [2.75, 3.05) is 25.4 Å². The van der Waals surface area contributed by atoms with Crippen LogP contribution in [0.15, 0.2) is 30.3 Å². The van der Waals surface area contributed by atoms with Gasteiger partial charge in [0.1, 0.15) is 54.4 Å². The van der Waals surface area contributed by atoms with Gasteiger partial charge < -0.3 is 79.3 Å². The first-order valence-electron chi connectivity index (χ1n) is 24.9. The zero-order valence-electron chi connectivity index (χ0n) is 43.1. The lowest BCUT2D eigenvalue weighted by molar-refractivity contribution is -0.143. The van der Waals surface area contributed by atoms with Gasteiger partial charge in [-0.25, -0.2) is 4.79 Å². The number of nitrogens with one attached hydrogen (secondary N) is 8. The van der Waals surface area contributed by atoms with Crippen molar-refractivity contribution < 1.29 is 82.8 Å². The molecular weight excluding hydrogens is 1030 g/mol. The van der Waals surface area contributed by atoms with Gasteiger partial charge in [-0.15, -0.1) is 0 Å². The SMILES string of the molecule is CC(=O)N[C@@H](CCC(N)=O)C(=O)N[C@H](C(=O)N1CCC[C@H]1C(=O)N[C@@H](Cc1ccccc1)C(=O)N[C@@H](CO)C(=O)N[C@@H](CCCCN)C(=O)N[C@@H](CCC(=O)O)C(=O)N[C@@H](CCC(=O)O)C(=O)N[C@@H](CS)C(=O)O)C(C)C. The molecule has 0 aromatic heterocycles. The number of nitrogens with two attached hydrogens (primary N) is 2. The van der Waals surface area contributed by atoms with E-state index in [1.807, 2.05) is 0 Å². The Hall–Kier alpha value is -7.40. The molecule has 1 fully saturated rings. The van der Waals surface area contributed by atoms with Crippen LogP contribution in [0.3, 0.4) is 0 Å². The standard InChI is InChI=1S/C48H73N11O17S/c1-25(2)39(58-43(70)29(51-26(3)61)14-17-36(50)62)47(74)59-21-9-13-35(59)46(73)55-32(22-27-10-5-4-6-11-27)44(71)56-33(23-60)45(72)52-28(12-7-8-20-49)40(67)53-30(15-18-37(63)64)41(68)54-31(16-19-38(65)66)42(69)57-34(24-77)48(75)76/h4-6,10-11,25,28-35,39,60,77H,7-9,12-24,49H2,1-3H3,(H2,50,62)(H,51,61)(H,52,72)(H,53,67)(H,54,68)(H,55,73)(H,56,71)(H,57,69)(H,58,70)(H,63,64)(H,65,66)(H,75,76)/t28-,29-,30-,31-,32-,33-,34-,35-,39-/m0/s1. The molecule has 77 heavy (non-hydrogen) atoms. The molecule has 0 spiro atoms. The maximum Gasteiger partial charge on any atom is 0.327 e. The number of hydrogen-bond donors (Lipinski definition) is 15. The van der Waals surface area contributed by atoms with Gasteiger partial charge in [-0.2, -0.15) is 12.6 Å². The normalized spacial score (nSPS) is 16.1. The summed E-state index contributed by atoms with van der Waals surface area (Å²) in [5, 5.41) is 57.8. The smallest absolute Gasteiger partial charge is 0.327 e. The molecule has 1 heterocycles. The molecule has 16 N–H and O–H groups in total. The maximum absolute atomic E-state index is 14.2. The number of primary amides is 1. The minimum Gasteiger partial charge on any atom is -0.481 e. The number of aliphatic hydroxyl groups excluding tert-OH is 1. The van der Waals surface area contributed by atoms with Crippen molar-refractivity contribution in [1.82, 2.24) is 47.4 Å². The average molecular weight is 1110 g/mol. The van der Waals surface area contributed by atoms with Crippen molar-refractivity contribution in [1.29, 1.82) is 0 Å². The van der Waals surface area contributed by atoms with Crippen LogP contribution in [0.2, 0.25) is 0 Å². The second kappa shape index (κ2) is 33.6. The number of unbranched alkanes of at least 4 members (excludes halogenated alkanes) is 1. The molecule has 28 nitrogen and oxygen atoms in total. The predicted molar refractivity (Wildman–Crippen MR) is 274 cm³/mol. The number of carbonyl (C=O) groups is 13. The summed E-state index contributed by atoms with van der Waals surface area (Å²) in [6.45, 7) is 3.63. The van der Waals surface area contributed by atoms with Gasteiger partial charge in [0.2, 0.25) is 59.1 Å². The molecule has 9 atom stereocenters. The molecule has 0 saturated carbocycles. The molecular formula is C48H73N11O17S. The van der Waals surface area contributed by atoms with E-state index in [1.54, 1.807) is 44.2 Å². The molecule has 29 heteroatoms. The van der Waals surface area contributed by atoms with Crippen LogP contribution in [0.5, 0.6) is 0 Å². The summed E-state index contributed by atoms with van der Waals surface area (Å²) < 4.78 is 0. The number of carbonyl (C=O) groups excluding carboxylic acids is 10. The zero-order valence-corrected chi connectivity index (χ0v) is 44.0. The molecule has 0 aliphatic carbocycles. The van der Waals surface area contributed by atoms with Crippen molar-refractivity contribution in [2.24, 2.45) is 17.4 Å². The maximum atomic E-state index is 14.2. The third-order valence-electron chi connectivity index (χ3n) is 12.1. The lowest BCUT2D eigenvalue weighted by atomic mass is 10.0. The van der Waals surface area contributed by atoms with E-state index in [0.717, 1.165) is 0 Å². The number of benzene rings is 1. The summed E-state index contributed by atoms with van der Waals surface area (Å²) in [6.07, 6.45) is -2.28. The summed E-state index contributed by atoms with van der Waals surface area (Å²) in [4.78, 5) is 170. The number of aliphatic carboxylic acids is 3. The van der Waals surface area contributed by atoms with E-state index in [1.165, 1.54) is 11.8 Å². The summed E-state index contributed by atoms with van der Waals surface area (Å²) >= 11 is 3.87. The molecule has 1 aromatic carbocycles. The molecule has 0 unspecified atom stereocenters. The van der Waals surface area contributed by atoms with Gasteiger partial charge in [-0.3, -0.25) is 57.5 Å². The van der Waals surface area contributed by atoms with Gasteiger partial charge in [0, 0.05) is 44.9 Å². The number of likely N-dealkylation sites (tertiary alicyclic amines) is 1. The highest BCUT2D eigenvalue weighted by atomic mass is 32.1. The van der Waals surface area contributed by atoms with Crippen LogP contribution in [-0.4, -0.2) is 182 Å². The van der Waals surface area contributed by atoms with Crippen molar-refractivity contribution in [3.8, 4) is 0 Å². The number of thiol groups is 1. The van der Waals surface area contributed by atoms with Crippen LogP contribution in [0, 0.1) is 5.92 Å². The van der Waals surface area contributed by atoms with E-state index in [2.05, 4.69) is 55.2 Å². The Kier molecular flexibility index (Phi) is 28.7. The minimum absolute atomic E-state index is 0.0796. The lowest BCUT2D eigenvalue weighted by Crippen LogP contribution is -2.61. The second-order valence-electron chi connectivity index (χ2n) is 18.6. The second-order valence-corrected chi connectivity index (χ2v) is 19.0. The third-order valence-corrected chi connectivity index (χ3v) is 12.5. The molecule has 0 radical (unpaired) electrons. The number of nitrogens with zero attached hydrogens (tertiary/aromatic N) is 1. The molecule has 1 saturated heterocycles. The molecule has 1 aromatic rings. The van der Waals surface area contributed by atoms with Gasteiger partial charge in [0.25, 0.3) is 0 Å². The molecule has 1 aliphatic heterocycles. The first-order chi connectivity index (χ1) is 36.3. The van der Waals surface area contributed by atoms with E-state index >= 15 is 0 Å². The Morgan fingerprint density at radius 3 is 1.56 bits per heavy atom. The molecule has 428 valence electrons. The van der Waals surface area contributed by atoms with Crippen molar-refractivity contribution in [3.05, 3.63) is 35.9 Å². The lowest BCUT2D eigenvalue weighted by Gasteiger charge is -2.32. The number of carboxylic acid groups (broad SMARTS) is 3. The molecule has 10 amide bonds. The fourth-order valence-corrected chi connectivity index (χ4v) is 8.20. The topological polar surface area (TPSA) is 454 Å². The van der Waals surface area contributed by atoms with Crippen LogP contribution in [0.1, 0.15) is 97.0 Å². The fraction of sp³-hybridized carbons (Fsp3) is 0.604. The van der Waals surface area contributed by atoms with Crippen LogP contribution in [0.25, 0.3) is 0 Å². The van der Waals surface area contributed by atoms with E-state index in [4.69, 9.17) is 11.5 Å². The van der Waals surface area contributed by atoms with Crippen molar-refractivity contribution in [2.45, 2.75) is 152 Å². The average Bonchev–Trinajstić information content (AvgIpc) is 3.87. The van der Waals surface area contributed by atoms with E-state index in [-0.39, 0.29) is 57.4 Å². The Morgan fingerprint density at radius 2 is 1.09 bits per heavy atom. The van der Waals surface area contributed by atoms with Gasteiger partial charge >= 0.3 is 17.9 Å². The van der Waals surface area contributed by atoms with Crippen molar-refractivity contribution >= 4 is 89.6 Å². The number of carboxylic acids is 3. The van der Waals surface area contributed by atoms with Crippen LogP contribution >= 0.6 is 12.6 Å². The highest BCUT2D eigenvalue weighted by Gasteiger charge is 2.41. The van der Waals surface area contributed by atoms with Crippen LogP contribution in [0.4, 0.5) is 0 Å². The van der Waals surface area contributed by atoms with E-state index < -0.39 is 170 Å². The summed E-state index contributed by atoms with van der Waals surface area (Å²) in [5.74, 6) is -14.2. The molecule has 1 aliphatic rings. The quantitative estimate of drug-likeness (QED) is 0.0227. The first-order valence-corrected chi connectivity index (χ1v) is 25.6. The Morgan fingerprint density at radius 1 is 0.623 bits per heavy atom. The van der Waals surface area contributed by atoms with Crippen LogP contribution in [-0.2, 0) is 68.7 Å². The van der Waals surface area contributed by atoms with E-state index in [0.29, 0.717) is 18.4 Å². The fourth-order valence-electron chi connectivity index (χ4n) is 7.95. The molecule has 0 bridgehead atoms. The number of aliphatic hydroxyl groups is 1.